The van der Waals surface area contributed by atoms with E-state index in [4.69, 9.17) is 4.74 Å². The molecule has 0 atom stereocenters. The first kappa shape index (κ1) is 19.2. The minimum absolute atomic E-state index is 0.00861. The summed E-state index contributed by atoms with van der Waals surface area (Å²) in [6, 6.07) is 10.4. The van der Waals surface area contributed by atoms with E-state index in [1.807, 2.05) is 13.8 Å². The highest BCUT2D eigenvalue weighted by molar-refractivity contribution is 7.92. The van der Waals surface area contributed by atoms with E-state index in [2.05, 4.69) is 4.72 Å². The molecule has 0 radical (unpaired) electrons. The Hall–Kier alpha value is -2.54. The fraction of sp³-hybridized carbons (Fsp3) is 0.350. The van der Waals surface area contributed by atoms with Gasteiger partial charge in [0.2, 0.25) is 5.91 Å². The monoisotopic (exact) mass is 388 g/mol. The summed E-state index contributed by atoms with van der Waals surface area (Å²) in [6.07, 6.45) is 2.00. The number of carbonyl (C=O) groups is 1. The summed E-state index contributed by atoms with van der Waals surface area (Å²) in [5.41, 5.74) is 3.03. The van der Waals surface area contributed by atoms with Crippen LogP contribution in [0.1, 0.15) is 30.9 Å². The van der Waals surface area contributed by atoms with Crippen molar-refractivity contribution in [2.75, 3.05) is 16.7 Å². The summed E-state index contributed by atoms with van der Waals surface area (Å²) >= 11 is 0. The zero-order valence-corrected chi connectivity index (χ0v) is 16.8. The van der Waals surface area contributed by atoms with Crippen LogP contribution in [0.3, 0.4) is 0 Å². The second kappa shape index (κ2) is 7.23. The Bertz CT molecular complexity index is 964. The number of sulfonamides is 1. The van der Waals surface area contributed by atoms with Gasteiger partial charge in [-0.15, -0.1) is 0 Å². The van der Waals surface area contributed by atoms with Crippen LogP contribution in [0, 0.1) is 13.8 Å². The summed E-state index contributed by atoms with van der Waals surface area (Å²) in [4.78, 5) is 13.7. The SMILES string of the molecule is COc1cc(C)c(C)cc1S(=O)(=O)Nc1ccc(N(C(C)=O)C2CC2)cc1. The fourth-order valence-electron chi connectivity index (χ4n) is 3.02. The van der Waals surface area contributed by atoms with Crippen LogP contribution in [0.15, 0.2) is 41.3 Å². The molecule has 0 aliphatic heterocycles. The molecule has 1 aliphatic rings. The van der Waals surface area contributed by atoms with Gasteiger partial charge in [-0.25, -0.2) is 8.42 Å². The molecule has 0 bridgehead atoms. The van der Waals surface area contributed by atoms with E-state index in [1.165, 1.54) is 7.11 Å². The van der Waals surface area contributed by atoms with E-state index in [9.17, 15) is 13.2 Å². The number of ether oxygens (including phenoxy) is 1. The molecule has 6 nitrogen and oxygen atoms in total. The number of nitrogens with one attached hydrogen (secondary N) is 1. The molecule has 1 fully saturated rings. The maximum Gasteiger partial charge on any atom is 0.265 e. The van der Waals surface area contributed by atoms with Crippen molar-refractivity contribution in [3.8, 4) is 5.75 Å². The van der Waals surface area contributed by atoms with Gasteiger partial charge in [0.05, 0.1) is 7.11 Å². The van der Waals surface area contributed by atoms with E-state index in [1.54, 1.807) is 48.2 Å². The molecule has 0 aromatic heterocycles. The molecule has 2 aromatic rings. The second-order valence-electron chi connectivity index (χ2n) is 6.86. The van der Waals surface area contributed by atoms with Gasteiger partial charge in [-0.1, -0.05) is 0 Å². The van der Waals surface area contributed by atoms with Crippen LogP contribution in [-0.2, 0) is 14.8 Å². The largest absolute Gasteiger partial charge is 0.495 e. The number of benzene rings is 2. The minimum atomic E-state index is -3.80. The Morgan fingerprint density at radius 2 is 1.70 bits per heavy atom. The van der Waals surface area contributed by atoms with E-state index < -0.39 is 10.0 Å². The second-order valence-corrected chi connectivity index (χ2v) is 8.51. The molecule has 3 rings (SSSR count). The number of carbonyl (C=O) groups excluding carboxylic acids is 1. The van der Waals surface area contributed by atoms with Crippen LogP contribution in [-0.4, -0.2) is 27.5 Å². The first-order valence-electron chi connectivity index (χ1n) is 8.81. The number of anilines is 2. The van der Waals surface area contributed by atoms with Crippen molar-refractivity contribution < 1.29 is 17.9 Å². The summed E-state index contributed by atoms with van der Waals surface area (Å²) < 4.78 is 33.5. The van der Waals surface area contributed by atoms with Crippen LogP contribution < -0.4 is 14.4 Å². The van der Waals surface area contributed by atoms with Crippen LogP contribution in [0.5, 0.6) is 5.75 Å². The standard InChI is InChI=1S/C20H24N2O4S/c1-13-11-19(26-4)20(12-14(13)2)27(24,25)21-16-5-7-17(8-6-16)22(15(3)23)18-9-10-18/h5-8,11-12,18,21H,9-10H2,1-4H3. The van der Waals surface area contributed by atoms with Crippen molar-refractivity contribution in [2.24, 2.45) is 0 Å². The predicted molar refractivity (Wildman–Crippen MR) is 106 cm³/mol. The van der Waals surface area contributed by atoms with Gasteiger partial charge in [0.25, 0.3) is 10.0 Å². The molecule has 1 N–H and O–H groups in total. The molecule has 0 saturated heterocycles. The molecule has 2 aromatic carbocycles. The van der Waals surface area contributed by atoms with Gasteiger partial charge in [0, 0.05) is 24.3 Å². The molecule has 0 heterocycles. The van der Waals surface area contributed by atoms with Gasteiger partial charge in [-0.05, 0) is 74.2 Å². The highest BCUT2D eigenvalue weighted by Crippen LogP contribution is 2.33. The van der Waals surface area contributed by atoms with Gasteiger partial charge >= 0.3 is 0 Å². The summed E-state index contributed by atoms with van der Waals surface area (Å²) in [5.74, 6) is 0.296. The van der Waals surface area contributed by atoms with Crippen LogP contribution in [0.25, 0.3) is 0 Å². The first-order chi connectivity index (χ1) is 12.7. The fourth-order valence-corrected chi connectivity index (χ4v) is 4.31. The Balaban J connectivity index is 1.86. The molecule has 0 spiro atoms. The maximum absolute atomic E-state index is 12.8. The molecular formula is C20H24N2O4S. The lowest BCUT2D eigenvalue weighted by molar-refractivity contribution is -0.116. The van der Waals surface area contributed by atoms with Gasteiger partial charge in [0.1, 0.15) is 10.6 Å². The number of nitrogens with zero attached hydrogens (tertiary/aromatic N) is 1. The van der Waals surface area contributed by atoms with Crippen molar-refractivity contribution in [2.45, 2.75) is 44.6 Å². The molecular weight excluding hydrogens is 364 g/mol. The van der Waals surface area contributed by atoms with Gasteiger partial charge in [0.15, 0.2) is 0 Å². The lowest BCUT2D eigenvalue weighted by Crippen LogP contribution is -2.30. The van der Waals surface area contributed by atoms with Crippen molar-refractivity contribution in [1.29, 1.82) is 0 Å². The van der Waals surface area contributed by atoms with Gasteiger partial charge < -0.3 is 9.64 Å². The number of amides is 1. The normalized spacial score (nSPS) is 13.9. The van der Waals surface area contributed by atoms with Gasteiger partial charge in [-0.3, -0.25) is 9.52 Å². The third-order valence-electron chi connectivity index (χ3n) is 4.72. The van der Waals surface area contributed by atoms with Crippen molar-refractivity contribution in [3.63, 3.8) is 0 Å². The summed E-state index contributed by atoms with van der Waals surface area (Å²) in [6.45, 7) is 5.30. The van der Waals surface area contributed by atoms with E-state index in [0.29, 0.717) is 11.4 Å². The maximum atomic E-state index is 12.8. The molecule has 7 heteroatoms. The number of aryl methyl sites for hydroxylation is 2. The van der Waals surface area contributed by atoms with Crippen LogP contribution in [0.2, 0.25) is 0 Å². The van der Waals surface area contributed by atoms with Crippen molar-refractivity contribution in [3.05, 3.63) is 47.5 Å². The van der Waals surface area contributed by atoms with Gasteiger partial charge in [-0.2, -0.15) is 0 Å². The Morgan fingerprint density at radius 3 is 2.22 bits per heavy atom. The van der Waals surface area contributed by atoms with Crippen LogP contribution in [0.4, 0.5) is 11.4 Å². The lowest BCUT2D eigenvalue weighted by Gasteiger charge is -2.21. The highest BCUT2D eigenvalue weighted by Gasteiger charge is 2.32. The molecule has 27 heavy (non-hydrogen) atoms. The van der Waals surface area contributed by atoms with E-state index in [-0.39, 0.29) is 16.8 Å². The zero-order valence-electron chi connectivity index (χ0n) is 15.9. The Labute approximate surface area is 160 Å². The van der Waals surface area contributed by atoms with Crippen LogP contribution >= 0.6 is 0 Å². The number of rotatable bonds is 6. The number of methoxy groups -OCH3 is 1. The molecule has 0 unspecified atom stereocenters. The Kier molecular flexibility index (Phi) is 5.15. The Morgan fingerprint density at radius 1 is 1.11 bits per heavy atom. The lowest BCUT2D eigenvalue weighted by atomic mass is 10.1. The van der Waals surface area contributed by atoms with Crippen molar-refractivity contribution in [1.82, 2.24) is 0 Å². The third-order valence-corrected chi connectivity index (χ3v) is 6.12. The molecule has 1 saturated carbocycles. The minimum Gasteiger partial charge on any atom is -0.495 e. The smallest absolute Gasteiger partial charge is 0.265 e. The average Bonchev–Trinajstić information content (AvgIpc) is 3.43. The van der Waals surface area contributed by atoms with Crippen molar-refractivity contribution >= 4 is 27.3 Å². The van der Waals surface area contributed by atoms with E-state index in [0.717, 1.165) is 29.7 Å². The predicted octanol–water partition coefficient (Wildman–Crippen LogP) is 3.63. The quantitative estimate of drug-likeness (QED) is 0.820. The topological polar surface area (TPSA) is 75.7 Å². The molecule has 1 aliphatic carbocycles. The third kappa shape index (κ3) is 4.08. The molecule has 144 valence electrons. The average molecular weight is 388 g/mol. The number of hydrogen-bond donors (Lipinski definition) is 1. The summed E-state index contributed by atoms with van der Waals surface area (Å²) in [5, 5.41) is 0. The summed E-state index contributed by atoms with van der Waals surface area (Å²) in [7, 11) is -2.35. The number of hydrogen-bond acceptors (Lipinski definition) is 4. The highest BCUT2D eigenvalue weighted by atomic mass is 32.2. The van der Waals surface area contributed by atoms with E-state index >= 15 is 0 Å². The zero-order chi connectivity index (χ0) is 19.8. The molecule has 1 amide bonds. The first-order valence-corrected chi connectivity index (χ1v) is 10.3.